The van der Waals surface area contributed by atoms with Gasteiger partial charge in [0.15, 0.2) is 5.69 Å². The van der Waals surface area contributed by atoms with Crippen molar-refractivity contribution in [2.45, 2.75) is 25.8 Å². The van der Waals surface area contributed by atoms with Crippen molar-refractivity contribution in [1.29, 1.82) is 0 Å². The van der Waals surface area contributed by atoms with E-state index in [2.05, 4.69) is 15.7 Å². The number of amides is 2. The third-order valence-electron chi connectivity index (χ3n) is 3.55. The molecule has 0 saturated heterocycles. The molecule has 0 aliphatic heterocycles. The molecule has 2 aromatic rings. The second-order valence-corrected chi connectivity index (χ2v) is 5.56. The van der Waals surface area contributed by atoms with Crippen LogP contribution in [0.15, 0.2) is 30.3 Å². The first-order valence-corrected chi connectivity index (χ1v) is 7.44. The Balaban J connectivity index is 1.68. The fourth-order valence-corrected chi connectivity index (χ4v) is 2.21. The average molecular weight is 316 g/mol. The average Bonchev–Trinajstić information content (AvgIpc) is 3.25. The lowest BCUT2D eigenvalue weighted by molar-refractivity contribution is -0.120. The van der Waals surface area contributed by atoms with Gasteiger partial charge >= 0.3 is 0 Å². The van der Waals surface area contributed by atoms with Crippen LogP contribution >= 0.6 is 0 Å². The highest BCUT2D eigenvalue weighted by molar-refractivity contribution is 5.95. The summed E-state index contributed by atoms with van der Waals surface area (Å²) >= 11 is 0. The minimum atomic E-state index is -0.464. The first kappa shape index (κ1) is 15.2. The normalized spacial score (nSPS) is 13.7. The monoisotopic (exact) mass is 316 g/mol. The molecule has 0 unspecified atom stereocenters. The number of para-hydroxylation sites is 1. The summed E-state index contributed by atoms with van der Waals surface area (Å²) in [5.41, 5.74) is 1.04. The molecule has 2 amide bonds. The zero-order chi connectivity index (χ0) is 16.4. The number of rotatable bonds is 5. The Labute approximate surface area is 132 Å². The fraction of sp³-hybridized carbons (Fsp3) is 0.312. The summed E-state index contributed by atoms with van der Waals surface area (Å²) in [7, 11) is 0. The molecule has 120 valence electrons. The lowest BCUT2D eigenvalue weighted by Crippen LogP contribution is -2.38. The standard InChI is InChI=1S/C16H17FN4O2/c1-10-8-13(16(23)18-9-15(22)19-11-6-7-11)20-21(10)14-5-3-2-4-12(14)17/h2-5,8,11H,6-7,9H2,1H3,(H,18,23)(H,19,22). The Bertz CT molecular complexity index is 752. The highest BCUT2D eigenvalue weighted by atomic mass is 19.1. The van der Waals surface area contributed by atoms with E-state index in [-0.39, 0.29) is 29.9 Å². The van der Waals surface area contributed by atoms with Crippen LogP contribution in [0.25, 0.3) is 5.69 Å². The maximum atomic E-state index is 13.8. The van der Waals surface area contributed by atoms with Gasteiger partial charge in [-0.25, -0.2) is 9.07 Å². The molecule has 1 saturated carbocycles. The summed E-state index contributed by atoms with van der Waals surface area (Å²) in [5.74, 6) is -1.10. The lowest BCUT2D eigenvalue weighted by Gasteiger charge is -2.05. The predicted octanol–water partition coefficient (Wildman–Crippen LogP) is 1.33. The smallest absolute Gasteiger partial charge is 0.272 e. The van der Waals surface area contributed by atoms with Crippen LogP contribution in [0.4, 0.5) is 4.39 Å². The molecule has 23 heavy (non-hydrogen) atoms. The van der Waals surface area contributed by atoms with Gasteiger partial charge in [0.25, 0.3) is 5.91 Å². The van der Waals surface area contributed by atoms with Crippen LogP contribution in [0, 0.1) is 12.7 Å². The summed E-state index contributed by atoms with van der Waals surface area (Å²) in [4.78, 5) is 23.6. The third-order valence-corrected chi connectivity index (χ3v) is 3.55. The molecule has 0 bridgehead atoms. The number of carbonyl (C=O) groups excluding carboxylic acids is 2. The highest BCUT2D eigenvalue weighted by Gasteiger charge is 2.23. The fourth-order valence-electron chi connectivity index (χ4n) is 2.21. The number of halogens is 1. The van der Waals surface area contributed by atoms with Gasteiger partial charge in [-0.05, 0) is 38.0 Å². The lowest BCUT2D eigenvalue weighted by atomic mass is 10.3. The topological polar surface area (TPSA) is 76.0 Å². The quantitative estimate of drug-likeness (QED) is 0.874. The molecule has 0 radical (unpaired) electrons. The van der Waals surface area contributed by atoms with Crippen LogP contribution < -0.4 is 10.6 Å². The van der Waals surface area contributed by atoms with E-state index in [1.807, 2.05) is 0 Å². The molecule has 1 fully saturated rings. The Kier molecular flexibility index (Phi) is 4.10. The second-order valence-electron chi connectivity index (χ2n) is 5.56. The molecular weight excluding hydrogens is 299 g/mol. The maximum Gasteiger partial charge on any atom is 0.272 e. The Morgan fingerprint density at radius 3 is 2.78 bits per heavy atom. The zero-order valence-electron chi connectivity index (χ0n) is 12.7. The zero-order valence-corrected chi connectivity index (χ0v) is 12.7. The number of nitrogens with zero attached hydrogens (tertiary/aromatic N) is 2. The van der Waals surface area contributed by atoms with Gasteiger partial charge in [0.2, 0.25) is 5.91 Å². The molecule has 1 aliphatic rings. The van der Waals surface area contributed by atoms with E-state index in [1.54, 1.807) is 31.2 Å². The minimum Gasteiger partial charge on any atom is -0.352 e. The van der Waals surface area contributed by atoms with Gasteiger partial charge in [-0.1, -0.05) is 12.1 Å². The van der Waals surface area contributed by atoms with E-state index < -0.39 is 11.7 Å². The number of aryl methyl sites for hydroxylation is 1. The molecule has 7 heteroatoms. The Morgan fingerprint density at radius 2 is 2.09 bits per heavy atom. The van der Waals surface area contributed by atoms with Crippen molar-refractivity contribution >= 4 is 11.8 Å². The van der Waals surface area contributed by atoms with Crippen molar-refractivity contribution in [2.24, 2.45) is 0 Å². The minimum absolute atomic E-state index is 0.0963. The molecule has 3 rings (SSSR count). The SMILES string of the molecule is Cc1cc(C(=O)NCC(=O)NC2CC2)nn1-c1ccccc1F. The van der Waals surface area contributed by atoms with E-state index in [4.69, 9.17) is 0 Å². The highest BCUT2D eigenvalue weighted by Crippen LogP contribution is 2.18. The molecule has 2 N–H and O–H groups in total. The van der Waals surface area contributed by atoms with E-state index in [0.717, 1.165) is 12.8 Å². The summed E-state index contributed by atoms with van der Waals surface area (Å²) in [6.07, 6.45) is 1.98. The summed E-state index contributed by atoms with van der Waals surface area (Å²) in [5, 5.41) is 9.42. The number of carbonyl (C=O) groups is 2. The Morgan fingerprint density at radius 1 is 1.35 bits per heavy atom. The number of benzene rings is 1. The second kappa shape index (κ2) is 6.20. The Hall–Kier alpha value is -2.70. The van der Waals surface area contributed by atoms with Gasteiger partial charge in [-0.3, -0.25) is 9.59 Å². The van der Waals surface area contributed by atoms with Crippen LogP contribution in [0.2, 0.25) is 0 Å². The van der Waals surface area contributed by atoms with Gasteiger partial charge in [0.1, 0.15) is 11.5 Å². The maximum absolute atomic E-state index is 13.8. The van der Waals surface area contributed by atoms with Gasteiger partial charge in [-0.15, -0.1) is 0 Å². The molecule has 1 aromatic heterocycles. The van der Waals surface area contributed by atoms with Gasteiger partial charge < -0.3 is 10.6 Å². The van der Waals surface area contributed by atoms with Crippen molar-refractivity contribution in [2.75, 3.05) is 6.54 Å². The first-order chi connectivity index (χ1) is 11.0. The van der Waals surface area contributed by atoms with Crippen molar-refractivity contribution in [1.82, 2.24) is 20.4 Å². The van der Waals surface area contributed by atoms with E-state index in [0.29, 0.717) is 5.69 Å². The van der Waals surface area contributed by atoms with Gasteiger partial charge in [0, 0.05) is 11.7 Å². The van der Waals surface area contributed by atoms with Gasteiger partial charge in [0.05, 0.1) is 6.54 Å². The van der Waals surface area contributed by atoms with E-state index in [9.17, 15) is 14.0 Å². The van der Waals surface area contributed by atoms with Gasteiger partial charge in [-0.2, -0.15) is 5.10 Å². The van der Waals surface area contributed by atoms with Crippen LogP contribution in [0.5, 0.6) is 0 Å². The van der Waals surface area contributed by atoms with Crippen molar-refractivity contribution in [3.8, 4) is 5.69 Å². The van der Waals surface area contributed by atoms with Crippen LogP contribution in [0.1, 0.15) is 29.0 Å². The molecular formula is C16H17FN4O2. The molecule has 1 aliphatic carbocycles. The molecule has 0 atom stereocenters. The summed E-state index contributed by atoms with van der Waals surface area (Å²) in [6.45, 7) is 1.64. The van der Waals surface area contributed by atoms with E-state index >= 15 is 0 Å². The van der Waals surface area contributed by atoms with Crippen molar-refractivity contribution < 1.29 is 14.0 Å². The number of nitrogens with one attached hydrogen (secondary N) is 2. The van der Waals surface area contributed by atoms with Crippen molar-refractivity contribution in [3.63, 3.8) is 0 Å². The number of hydrogen-bond acceptors (Lipinski definition) is 3. The largest absolute Gasteiger partial charge is 0.352 e. The molecule has 1 heterocycles. The van der Waals surface area contributed by atoms with Crippen LogP contribution in [-0.2, 0) is 4.79 Å². The summed E-state index contributed by atoms with van der Waals surface area (Å²) < 4.78 is 15.2. The number of hydrogen-bond donors (Lipinski definition) is 2. The van der Waals surface area contributed by atoms with E-state index in [1.165, 1.54) is 10.7 Å². The molecule has 0 spiro atoms. The van der Waals surface area contributed by atoms with Crippen LogP contribution in [-0.4, -0.2) is 34.2 Å². The molecule has 6 nitrogen and oxygen atoms in total. The predicted molar refractivity (Wildman–Crippen MR) is 81.8 cm³/mol. The van der Waals surface area contributed by atoms with Crippen molar-refractivity contribution in [3.05, 3.63) is 47.5 Å². The summed E-state index contributed by atoms with van der Waals surface area (Å²) in [6, 6.07) is 8.01. The first-order valence-electron chi connectivity index (χ1n) is 7.44. The number of aromatic nitrogens is 2. The van der Waals surface area contributed by atoms with Crippen LogP contribution in [0.3, 0.4) is 0 Å². The molecule has 1 aromatic carbocycles. The third kappa shape index (κ3) is 3.56.